The van der Waals surface area contributed by atoms with Crippen molar-refractivity contribution in [3.63, 3.8) is 0 Å². The van der Waals surface area contributed by atoms with Crippen molar-refractivity contribution in [3.05, 3.63) is 59.4 Å². The van der Waals surface area contributed by atoms with Gasteiger partial charge < -0.3 is 10.6 Å². The SMILES string of the molecule is CN(C(=O)c1ccc(F)c(S(=O)(=O)N2CCCCC2)c1)c1ccc(C(N)=O)cc1. The van der Waals surface area contributed by atoms with E-state index in [1.165, 1.54) is 34.5 Å². The molecule has 7 nitrogen and oxygen atoms in total. The van der Waals surface area contributed by atoms with E-state index in [4.69, 9.17) is 5.73 Å². The minimum absolute atomic E-state index is 0.0449. The Labute approximate surface area is 169 Å². The maximum atomic E-state index is 14.4. The second kappa shape index (κ2) is 8.30. The van der Waals surface area contributed by atoms with E-state index in [9.17, 15) is 22.4 Å². The summed E-state index contributed by atoms with van der Waals surface area (Å²) in [6, 6.07) is 9.39. The van der Waals surface area contributed by atoms with Gasteiger partial charge in [-0.25, -0.2) is 12.8 Å². The lowest BCUT2D eigenvalue weighted by Crippen LogP contribution is -2.36. The highest BCUT2D eigenvalue weighted by Gasteiger charge is 2.30. The Balaban J connectivity index is 1.90. The maximum absolute atomic E-state index is 14.4. The van der Waals surface area contributed by atoms with Gasteiger partial charge in [0, 0.05) is 37.0 Å². The molecular formula is C20H22FN3O4S. The predicted octanol–water partition coefficient (Wildman–Crippen LogP) is 2.38. The van der Waals surface area contributed by atoms with E-state index in [-0.39, 0.29) is 5.56 Å². The van der Waals surface area contributed by atoms with Crippen molar-refractivity contribution in [1.82, 2.24) is 4.31 Å². The van der Waals surface area contributed by atoms with Crippen LogP contribution in [0.2, 0.25) is 0 Å². The molecule has 0 radical (unpaired) electrons. The molecule has 1 heterocycles. The van der Waals surface area contributed by atoms with Crippen LogP contribution in [0.3, 0.4) is 0 Å². The number of benzene rings is 2. The summed E-state index contributed by atoms with van der Waals surface area (Å²) in [5.41, 5.74) is 6.03. The highest BCUT2D eigenvalue weighted by atomic mass is 32.2. The molecule has 0 unspecified atom stereocenters. The number of hydrogen-bond acceptors (Lipinski definition) is 4. The van der Waals surface area contributed by atoms with Gasteiger partial charge in [-0.2, -0.15) is 4.31 Å². The Morgan fingerprint density at radius 1 is 1.00 bits per heavy atom. The molecule has 2 aromatic carbocycles. The Morgan fingerprint density at radius 2 is 1.59 bits per heavy atom. The molecule has 29 heavy (non-hydrogen) atoms. The molecule has 0 atom stereocenters. The van der Waals surface area contributed by atoms with E-state index < -0.39 is 32.6 Å². The second-order valence-electron chi connectivity index (χ2n) is 6.89. The molecule has 2 N–H and O–H groups in total. The number of carbonyl (C=O) groups is 2. The maximum Gasteiger partial charge on any atom is 0.258 e. The van der Waals surface area contributed by atoms with Gasteiger partial charge in [0.1, 0.15) is 10.7 Å². The average molecular weight is 419 g/mol. The number of anilines is 1. The third-order valence-corrected chi connectivity index (χ3v) is 6.87. The fraction of sp³-hybridized carbons (Fsp3) is 0.300. The van der Waals surface area contributed by atoms with Crippen molar-refractivity contribution >= 4 is 27.5 Å². The fourth-order valence-electron chi connectivity index (χ4n) is 3.24. The molecule has 0 saturated carbocycles. The predicted molar refractivity (Wildman–Crippen MR) is 107 cm³/mol. The van der Waals surface area contributed by atoms with E-state index in [0.29, 0.717) is 24.3 Å². The van der Waals surface area contributed by atoms with Crippen LogP contribution < -0.4 is 10.6 Å². The molecule has 1 aliphatic heterocycles. The quantitative estimate of drug-likeness (QED) is 0.804. The number of sulfonamides is 1. The molecule has 9 heteroatoms. The molecule has 0 aliphatic carbocycles. The van der Waals surface area contributed by atoms with Gasteiger partial charge in [0.25, 0.3) is 5.91 Å². The topological polar surface area (TPSA) is 101 Å². The van der Waals surface area contributed by atoms with Crippen LogP contribution in [0.5, 0.6) is 0 Å². The number of nitrogens with zero attached hydrogens (tertiary/aromatic N) is 2. The third kappa shape index (κ3) is 4.30. The molecule has 0 spiro atoms. The van der Waals surface area contributed by atoms with Gasteiger partial charge in [-0.05, 0) is 55.3 Å². The Hall–Kier alpha value is -2.78. The molecule has 0 bridgehead atoms. The minimum Gasteiger partial charge on any atom is -0.366 e. The van der Waals surface area contributed by atoms with Gasteiger partial charge in [-0.1, -0.05) is 6.42 Å². The molecule has 1 fully saturated rings. The van der Waals surface area contributed by atoms with E-state index in [2.05, 4.69) is 0 Å². The Kier molecular flexibility index (Phi) is 5.99. The van der Waals surface area contributed by atoms with Crippen molar-refractivity contribution in [3.8, 4) is 0 Å². The van der Waals surface area contributed by atoms with Gasteiger partial charge >= 0.3 is 0 Å². The van der Waals surface area contributed by atoms with Crippen molar-refractivity contribution < 1.29 is 22.4 Å². The summed E-state index contributed by atoms with van der Waals surface area (Å²) in [6.07, 6.45) is 2.39. The van der Waals surface area contributed by atoms with Crippen LogP contribution in [0, 0.1) is 5.82 Å². The molecule has 0 aromatic heterocycles. The van der Waals surface area contributed by atoms with Crippen LogP contribution in [0.25, 0.3) is 0 Å². The summed E-state index contributed by atoms with van der Waals surface area (Å²) >= 11 is 0. The average Bonchev–Trinajstić information content (AvgIpc) is 2.73. The molecule has 1 saturated heterocycles. The lowest BCUT2D eigenvalue weighted by molar-refractivity contribution is 0.0989. The first-order valence-corrected chi connectivity index (χ1v) is 10.6. The van der Waals surface area contributed by atoms with Crippen molar-refractivity contribution in [2.45, 2.75) is 24.2 Å². The molecule has 154 valence electrons. The largest absolute Gasteiger partial charge is 0.366 e. The lowest BCUT2D eigenvalue weighted by Gasteiger charge is -2.26. The third-order valence-electron chi connectivity index (χ3n) is 4.95. The number of primary amides is 1. The smallest absolute Gasteiger partial charge is 0.258 e. The number of carbonyl (C=O) groups excluding carboxylic acids is 2. The standard InChI is InChI=1S/C20H22FN3O4S/c1-23(16-8-5-14(6-9-16)19(22)25)20(26)15-7-10-17(21)18(13-15)29(27,28)24-11-3-2-4-12-24/h5-10,13H,2-4,11-12H2,1H3,(H2,22,25). The first-order valence-electron chi connectivity index (χ1n) is 9.19. The lowest BCUT2D eigenvalue weighted by atomic mass is 10.1. The summed E-state index contributed by atoms with van der Waals surface area (Å²) in [7, 11) is -2.51. The van der Waals surface area contributed by atoms with E-state index >= 15 is 0 Å². The summed E-state index contributed by atoms with van der Waals surface area (Å²) in [5, 5.41) is 0. The molecular weight excluding hydrogens is 397 g/mol. The van der Waals surface area contributed by atoms with E-state index in [1.54, 1.807) is 12.1 Å². The molecule has 2 aromatic rings. The molecule has 1 aliphatic rings. The number of piperidine rings is 1. The van der Waals surface area contributed by atoms with Crippen LogP contribution in [0.15, 0.2) is 47.4 Å². The normalized spacial score (nSPS) is 15.1. The molecule has 2 amide bonds. The zero-order valence-corrected chi connectivity index (χ0v) is 16.8. The van der Waals surface area contributed by atoms with Gasteiger partial charge in [0.2, 0.25) is 15.9 Å². The summed E-state index contributed by atoms with van der Waals surface area (Å²) in [6.45, 7) is 0.679. The summed E-state index contributed by atoms with van der Waals surface area (Å²) in [5.74, 6) is -1.98. The first-order chi connectivity index (χ1) is 13.7. The summed E-state index contributed by atoms with van der Waals surface area (Å²) in [4.78, 5) is 24.8. The van der Waals surface area contributed by atoms with Crippen LogP contribution in [-0.2, 0) is 10.0 Å². The Bertz CT molecular complexity index is 1030. The van der Waals surface area contributed by atoms with Gasteiger partial charge in [-0.15, -0.1) is 0 Å². The first kappa shape index (κ1) is 20.9. The van der Waals surface area contributed by atoms with Crippen molar-refractivity contribution in [2.75, 3.05) is 25.0 Å². The van der Waals surface area contributed by atoms with Crippen LogP contribution in [0.4, 0.5) is 10.1 Å². The van der Waals surface area contributed by atoms with E-state index in [0.717, 1.165) is 31.4 Å². The monoisotopic (exact) mass is 419 g/mol. The number of rotatable bonds is 5. The van der Waals surface area contributed by atoms with Crippen LogP contribution >= 0.6 is 0 Å². The van der Waals surface area contributed by atoms with Gasteiger partial charge in [0.15, 0.2) is 0 Å². The second-order valence-corrected chi connectivity index (χ2v) is 8.79. The number of halogens is 1. The zero-order chi connectivity index (χ0) is 21.2. The zero-order valence-electron chi connectivity index (χ0n) is 16.0. The summed E-state index contributed by atoms with van der Waals surface area (Å²) < 4.78 is 41.3. The van der Waals surface area contributed by atoms with Crippen LogP contribution in [-0.4, -0.2) is 44.7 Å². The highest BCUT2D eigenvalue weighted by molar-refractivity contribution is 7.89. The van der Waals surface area contributed by atoms with Crippen LogP contribution in [0.1, 0.15) is 40.0 Å². The fourth-order valence-corrected chi connectivity index (χ4v) is 4.85. The van der Waals surface area contributed by atoms with Gasteiger partial charge in [0.05, 0.1) is 0 Å². The van der Waals surface area contributed by atoms with E-state index in [1.807, 2.05) is 0 Å². The number of amides is 2. The minimum atomic E-state index is -4.02. The highest BCUT2D eigenvalue weighted by Crippen LogP contribution is 2.25. The number of hydrogen-bond donors (Lipinski definition) is 1. The number of nitrogens with two attached hydrogens (primary N) is 1. The van der Waals surface area contributed by atoms with Crippen molar-refractivity contribution in [2.24, 2.45) is 5.73 Å². The van der Waals surface area contributed by atoms with Crippen molar-refractivity contribution in [1.29, 1.82) is 0 Å². The molecule has 3 rings (SSSR count). The van der Waals surface area contributed by atoms with Gasteiger partial charge in [-0.3, -0.25) is 9.59 Å². The Morgan fingerprint density at radius 3 is 2.17 bits per heavy atom.